The van der Waals surface area contributed by atoms with Crippen LogP contribution in [-0.4, -0.2) is 20.7 Å². The van der Waals surface area contributed by atoms with Crippen LogP contribution >= 0.6 is 15.9 Å². The minimum atomic E-state index is -1.70. The van der Waals surface area contributed by atoms with Crippen molar-refractivity contribution in [3.05, 3.63) is 21.9 Å². The van der Waals surface area contributed by atoms with Gasteiger partial charge < -0.3 is 14.8 Å². The largest absolute Gasteiger partial charge is 0.479 e. The number of aromatic nitrogens is 1. The Hall–Kier alpha value is -0.810. The minimum Gasteiger partial charge on any atom is -0.479 e. The van der Waals surface area contributed by atoms with Gasteiger partial charge in [0.05, 0.1) is 4.60 Å². The summed E-state index contributed by atoms with van der Waals surface area (Å²) in [7, 11) is 1.81. The van der Waals surface area contributed by atoms with Crippen molar-refractivity contribution in [3.8, 4) is 0 Å². The number of aryl methyl sites for hydroxylation is 1. The van der Waals surface area contributed by atoms with Gasteiger partial charge in [-0.05, 0) is 34.3 Å². The summed E-state index contributed by atoms with van der Waals surface area (Å²) in [5, 5.41) is 18.9. The van der Waals surface area contributed by atoms with E-state index in [1.807, 2.05) is 7.05 Å². The highest BCUT2D eigenvalue weighted by molar-refractivity contribution is 9.10. The molecule has 0 aliphatic heterocycles. The second-order valence-corrected chi connectivity index (χ2v) is 4.34. The molecule has 0 saturated carbocycles. The van der Waals surface area contributed by atoms with Gasteiger partial charge >= 0.3 is 5.97 Å². The smallest absolute Gasteiger partial charge is 0.340 e. The molecule has 1 aromatic rings. The van der Waals surface area contributed by atoms with Crippen LogP contribution in [0.1, 0.15) is 17.5 Å². The standard InChI is InChI=1S/C9H10BrNO3/c1-11-4-6-5(7(11)10)2-3-9(6,14)8(12)13/h4,14H,2-3H2,1H3,(H,12,13). The first kappa shape index (κ1) is 9.73. The molecule has 1 heterocycles. The monoisotopic (exact) mass is 259 g/mol. The molecule has 1 unspecified atom stereocenters. The average Bonchev–Trinajstić information content (AvgIpc) is 2.57. The highest BCUT2D eigenvalue weighted by Crippen LogP contribution is 2.41. The molecule has 2 N–H and O–H groups in total. The fourth-order valence-corrected chi connectivity index (χ4v) is 2.42. The molecule has 2 rings (SSSR count). The summed E-state index contributed by atoms with van der Waals surface area (Å²) in [5.74, 6) is -1.17. The molecule has 1 aliphatic rings. The van der Waals surface area contributed by atoms with Gasteiger partial charge in [-0.15, -0.1) is 0 Å². The Kier molecular flexibility index (Phi) is 1.97. The number of carboxylic acids is 1. The molecule has 1 aromatic heterocycles. The Morgan fingerprint density at radius 2 is 2.36 bits per heavy atom. The van der Waals surface area contributed by atoms with Crippen molar-refractivity contribution in [2.45, 2.75) is 18.4 Å². The van der Waals surface area contributed by atoms with E-state index in [2.05, 4.69) is 15.9 Å². The average molecular weight is 260 g/mol. The van der Waals surface area contributed by atoms with E-state index in [0.717, 1.165) is 10.2 Å². The highest BCUT2D eigenvalue weighted by Gasteiger charge is 2.45. The maximum atomic E-state index is 10.9. The molecule has 0 amide bonds. The molecule has 1 atom stereocenters. The predicted molar refractivity (Wildman–Crippen MR) is 53.0 cm³/mol. The predicted octanol–water partition coefficient (Wildman–Crippen LogP) is 1.01. The van der Waals surface area contributed by atoms with Crippen LogP contribution in [0.3, 0.4) is 0 Å². The summed E-state index contributed by atoms with van der Waals surface area (Å²) >= 11 is 3.36. The Labute approximate surface area is 89.3 Å². The van der Waals surface area contributed by atoms with E-state index in [1.165, 1.54) is 0 Å². The lowest BCUT2D eigenvalue weighted by Crippen LogP contribution is -2.32. The molecular formula is C9H10BrNO3. The molecule has 5 heteroatoms. The van der Waals surface area contributed by atoms with Gasteiger partial charge in [-0.3, -0.25) is 0 Å². The van der Waals surface area contributed by atoms with Crippen molar-refractivity contribution < 1.29 is 15.0 Å². The molecule has 0 radical (unpaired) electrons. The van der Waals surface area contributed by atoms with Crippen molar-refractivity contribution in [2.24, 2.45) is 7.05 Å². The Balaban J connectivity index is 2.60. The van der Waals surface area contributed by atoms with Crippen LogP contribution in [0, 0.1) is 0 Å². The highest BCUT2D eigenvalue weighted by atomic mass is 79.9. The van der Waals surface area contributed by atoms with Crippen molar-refractivity contribution >= 4 is 21.9 Å². The first-order valence-electron chi connectivity index (χ1n) is 4.27. The Morgan fingerprint density at radius 3 is 2.93 bits per heavy atom. The number of nitrogens with zero attached hydrogens (tertiary/aromatic N) is 1. The quantitative estimate of drug-likeness (QED) is 0.792. The fraction of sp³-hybridized carbons (Fsp3) is 0.444. The molecule has 0 fully saturated rings. The van der Waals surface area contributed by atoms with Gasteiger partial charge in [0.25, 0.3) is 0 Å². The summed E-state index contributed by atoms with van der Waals surface area (Å²) in [4.78, 5) is 10.9. The van der Waals surface area contributed by atoms with Gasteiger partial charge in [-0.1, -0.05) is 0 Å². The molecule has 76 valence electrons. The van der Waals surface area contributed by atoms with E-state index in [9.17, 15) is 9.90 Å². The summed E-state index contributed by atoms with van der Waals surface area (Å²) in [5.41, 5.74) is -0.282. The zero-order valence-electron chi connectivity index (χ0n) is 7.62. The second kappa shape index (κ2) is 2.84. The molecule has 1 aliphatic carbocycles. The molecule has 0 bridgehead atoms. The number of carbonyl (C=O) groups is 1. The summed E-state index contributed by atoms with van der Waals surface area (Å²) < 4.78 is 2.63. The number of hydrogen-bond donors (Lipinski definition) is 2. The van der Waals surface area contributed by atoms with Crippen molar-refractivity contribution in [2.75, 3.05) is 0 Å². The molecule has 0 spiro atoms. The van der Waals surface area contributed by atoms with E-state index in [0.29, 0.717) is 12.0 Å². The summed E-state index contributed by atoms with van der Waals surface area (Å²) in [6, 6.07) is 0. The van der Waals surface area contributed by atoms with E-state index < -0.39 is 11.6 Å². The van der Waals surface area contributed by atoms with Crippen LogP contribution in [0.5, 0.6) is 0 Å². The van der Waals surface area contributed by atoms with E-state index in [1.54, 1.807) is 10.8 Å². The van der Waals surface area contributed by atoms with Crippen LogP contribution in [0.25, 0.3) is 0 Å². The van der Waals surface area contributed by atoms with Crippen LogP contribution in [-0.2, 0) is 23.9 Å². The van der Waals surface area contributed by atoms with E-state index in [4.69, 9.17) is 5.11 Å². The lowest BCUT2D eigenvalue weighted by Gasteiger charge is -2.16. The molecule has 0 aromatic carbocycles. The number of halogens is 1. The Bertz CT molecular complexity index is 412. The lowest BCUT2D eigenvalue weighted by molar-refractivity contribution is -0.159. The normalized spacial score (nSPS) is 25.1. The van der Waals surface area contributed by atoms with Crippen LogP contribution in [0.15, 0.2) is 10.8 Å². The molecule has 14 heavy (non-hydrogen) atoms. The van der Waals surface area contributed by atoms with E-state index >= 15 is 0 Å². The van der Waals surface area contributed by atoms with Gasteiger partial charge in [-0.25, -0.2) is 4.79 Å². The summed E-state index contributed by atoms with van der Waals surface area (Å²) in [6.07, 6.45) is 2.52. The molecule has 0 saturated heterocycles. The number of rotatable bonds is 1. The number of carboxylic acid groups (broad SMARTS) is 1. The first-order valence-corrected chi connectivity index (χ1v) is 5.06. The lowest BCUT2D eigenvalue weighted by atomic mass is 9.99. The third kappa shape index (κ3) is 1.05. The number of aliphatic carboxylic acids is 1. The van der Waals surface area contributed by atoms with Crippen LogP contribution in [0.4, 0.5) is 0 Å². The second-order valence-electron chi connectivity index (χ2n) is 3.59. The van der Waals surface area contributed by atoms with Crippen molar-refractivity contribution in [1.82, 2.24) is 4.57 Å². The van der Waals surface area contributed by atoms with Gasteiger partial charge in [0.15, 0.2) is 5.60 Å². The first-order chi connectivity index (χ1) is 6.47. The Morgan fingerprint density at radius 1 is 1.71 bits per heavy atom. The number of hydrogen-bond acceptors (Lipinski definition) is 2. The topological polar surface area (TPSA) is 62.5 Å². The van der Waals surface area contributed by atoms with Crippen molar-refractivity contribution in [1.29, 1.82) is 0 Å². The van der Waals surface area contributed by atoms with Gasteiger partial charge in [0, 0.05) is 18.8 Å². The van der Waals surface area contributed by atoms with Gasteiger partial charge in [-0.2, -0.15) is 0 Å². The van der Waals surface area contributed by atoms with Crippen LogP contribution < -0.4 is 0 Å². The van der Waals surface area contributed by atoms with Crippen molar-refractivity contribution in [3.63, 3.8) is 0 Å². The SMILES string of the molecule is Cn1cc2c(c1Br)CCC2(O)C(=O)O. The maximum Gasteiger partial charge on any atom is 0.340 e. The van der Waals surface area contributed by atoms with E-state index in [-0.39, 0.29) is 6.42 Å². The maximum absolute atomic E-state index is 10.9. The number of fused-ring (bicyclic) bond motifs is 1. The minimum absolute atomic E-state index is 0.256. The van der Waals surface area contributed by atoms with Crippen LogP contribution in [0.2, 0.25) is 0 Å². The zero-order chi connectivity index (χ0) is 10.5. The third-order valence-electron chi connectivity index (χ3n) is 2.74. The molecular weight excluding hydrogens is 250 g/mol. The zero-order valence-corrected chi connectivity index (χ0v) is 9.21. The number of aliphatic hydroxyl groups is 1. The molecule has 4 nitrogen and oxygen atoms in total. The summed E-state index contributed by atoms with van der Waals surface area (Å²) in [6.45, 7) is 0. The van der Waals surface area contributed by atoms with Gasteiger partial charge in [0.1, 0.15) is 0 Å². The fourth-order valence-electron chi connectivity index (χ4n) is 1.91. The third-order valence-corrected chi connectivity index (χ3v) is 3.78. The van der Waals surface area contributed by atoms with Gasteiger partial charge in [0.2, 0.25) is 0 Å².